The van der Waals surface area contributed by atoms with Gasteiger partial charge < -0.3 is 15.4 Å². The number of halogens is 1. The predicted octanol–water partition coefficient (Wildman–Crippen LogP) is 3.15. The Labute approximate surface area is 193 Å². The topological polar surface area (TPSA) is 109 Å². The molecule has 33 heavy (non-hydrogen) atoms. The summed E-state index contributed by atoms with van der Waals surface area (Å²) in [7, 11) is -0.655. The molecule has 0 saturated heterocycles. The first kappa shape index (κ1) is 24.7. The lowest BCUT2D eigenvalue weighted by molar-refractivity contribution is -0.126. The number of benzene rings is 1. The molecule has 1 fully saturated rings. The molecule has 1 aromatic heterocycles. The lowest BCUT2D eigenvalue weighted by Gasteiger charge is -2.29. The fourth-order valence-corrected chi connectivity index (χ4v) is 5.18. The van der Waals surface area contributed by atoms with Crippen molar-refractivity contribution in [3.05, 3.63) is 60.6 Å². The second-order valence-electron chi connectivity index (χ2n) is 7.92. The number of pyridine rings is 1. The summed E-state index contributed by atoms with van der Waals surface area (Å²) in [6.45, 7) is 3.76. The molecule has 1 atom stereocenters. The monoisotopic (exact) mass is 476 g/mol. The molecule has 8 nitrogen and oxygen atoms in total. The summed E-state index contributed by atoms with van der Waals surface area (Å²) < 4.78 is 46.6. The summed E-state index contributed by atoms with van der Waals surface area (Å²) in [5.74, 6) is -0.390. The molecular formula is C23H29FN4O4S. The van der Waals surface area contributed by atoms with Gasteiger partial charge in [0, 0.05) is 19.0 Å². The number of carbonyl (C=O) groups is 1. The van der Waals surface area contributed by atoms with E-state index in [1.807, 2.05) is 0 Å². The van der Waals surface area contributed by atoms with Gasteiger partial charge in [-0.3, -0.25) is 4.79 Å². The molecule has 1 aliphatic rings. The Morgan fingerprint density at radius 1 is 1.24 bits per heavy atom. The van der Waals surface area contributed by atoms with E-state index in [9.17, 15) is 17.6 Å². The van der Waals surface area contributed by atoms with E-state index in [-0.39, 0.29) is 28.6 Å². The number of ether oxygens (including phenoxy) is 1. The number of nitrogens with one attached hydrogen (secondary N) is 3. The molecule has 0 bridgehead atoms. The van der Waals surface area contributed by atoms with Gasteiger partial charge in [-0.15, -0.1) is 6.58 Å². The molecule has 1 aliphatic carbocycles. The van der Waals surface area contributed by atoms with E-state index in [2.05, 4.69) is 26.9 Å². The van der Waals surface area contributed by atoms with Crippen LogP contribution in [0.3, 0.4) is 0 Å². The number of hydrogen-bond acceptors (Lipinski definition) is 6. The minimum atomic E-state index is -3.77. The summed E-state index contributed by atoms with van der Waals surface area (Å²) in [4.78, 5) is 16.8. The first-order valence-corrected chi connectivity index (χ1v) is 12.2. The molecule has 3 N–H and O–H groups in total. The van der Waals surface area contributed by atoms with E-state index >= 15 is 0 Å². The third kappa shape index (κ3) is 6.08. The Morgan fingerprint density at radius 2 is 1.91 bits per heavy atom. The van der Waals surface area contributed by atoms with Crippen molar-refractivity contribution in [2.24, 2.45) is 5.92 Å². The van der Waals surface area contributed by atoms with Crippen molar-refractivity contribution in [1.82, 2.24) is 15.0 Å². The molecule has 1 heterocycles. The van der Waals surface area contributed by atoms with Crippen LogP contribution in [0.15, 0.2) is 54.1 Å². The van der Waals surface area contributed by atoms with Crippen LogP contribution in [0.25, 0.3) is 0 Å². The highest BCUT2D eigenvalue weighted by Crippen LogP contribution is 2.28. The number of hydrogen-bond donors (Lipinski definition) is 3. The minimum Gasteiger partial charge on any atom is -0.480 e. The van der Waals surface area contributed by atoms with E-state index in [1.54, 1.807) is 25.3 Å². The Kier molecular flexibility index (Phi) is 8.04. The largest absolute Gasteiger partial charge is 0.480 e. The number of rotatable bonds is 9. The van der Waals surface area contributed by atoms with Crippen molar-refractivity contribution in [1.29, 1.82) is 0 Å². The average molecular weight is 477 g/mol. The van der Waals surface area contributed by atoms with Crippen LogP contribution in [-0.4, -0.2) is 39.5 Å². The summed E-state index contributed by atoms with van der Waals surface area (Å²) in [6, 6.07) is 6.69. The summed E-state index contributed by atoms with van der Waals surface area (Å²) in [5.41, 5.74) is 1.22. The number of aromatic nitrogens is 1. The zero-order valence-corrected chi connectivity index (χ0v) is 19.5. The number of amides is 1. The summed E-state index contributed by atoms with van der Waals surface area (Å²) in [5, 5.41) is 5.81. The fraction of sp³-hybridized carbons (Fsp3) is 0.391. The van der Waals surface area contributed by atoms with Crippen LogP contribution in [-0.2, 0) is 14.8 Å². The highest BCUT2D eigenvalue weighted by Gasteiger charge is 2.30. The van der Waals surface area contributed by atoms with E-state index in [1.165, 1.54) is 31.5 Å². The van der Waals surface area contributed by atoms with Crippen LogP contribution >= 0.6 is 0 Å². The van der Waals surface area contributed by atoms with Crippen LogP contribution in [0.4, 0.5) is 10.1 Å². The van der Waals surface area contributed by atoms with Gasteiger partial charge in [0.2, 0.25) is 21.8 Å². The highest BCUT2D eigenvalue weighted by molar-refractivity contribution is 7.89. The Hall–Kier alpha value is -2.98. The Balaban J connectivity index is 1.57. The third-order valence-electron chi connectivity index (χ3n) is 5.78. The molecule has 0 spiro atoms. The van der Waals surface area contributed by atoms with E-state index in [0.29, 0.717) is 37.3 Å². The molecule has 10 heteroatoms. The highest BCUT2D eigenvalue weighted by atomic mass is 32.2. The molecule has 1 amide bonds. The fourth-order valence-electron chi connectivity index (χ4n) is 3.90. The van der Waals surface area contributed by atoms with Crippen LogP contribution < -0.4 is 20.1 Å². The first-order valence-electron chi connectivity index (χ1n) is 10.7. The van der Waals surface area contributed by atoms with Gasteiger partial charge in [-0.05, 0) is 49.4 Å². The lowest BCUT2D eigenvalue weighted by atomic mass is 9.85. The van der Waals surface area contributed by atoms with Crippen LogP contribution in [0.5, 0.6) is 5.88 Å². The Bertz CT molecular complexity index is 1080. The lowest BCUT2D eigenvalue weighted by Crippen LogP contribution is -2.41. The normalized spacial score (nSPS) is 19.4. The van der Waals surface area contributed by atoms with E-state index in [0.717, 1.165) is 5.56 Å². The zero-order chi connectivity index (χ0) is 24.0. The van der Waals surface area contributed by atoms with Gasteiger partial charge in [-0.2, -0.15) is 0 Å². The van der Waals surface area contributed by atoms with Crippen LogP contribution in [0.1, 0.15) is 37.3 Å². The number of nitrogens with zero attached hydrogens (tertiary/aromatic N) is 1. The first-order chi connectivity index (χ1) is 15.8. The average Bonchev–Trinajstić information content (AvgIpc) is 2.82. The maximum absolute atomic E-state index is 13.2. The second kappa shape index (κ2) is 10.8. The van der Waals surface area contributed by atoms with Gasteiger partial charge in [-0.1, -0.05) is 18.2 Å². The van der Waals surface area contributed by atoms with Crippen molar-refractivity contribution in [2.75, 3.05) is 19.5 Å². The Morgan fingerprint density at radius 3 is 2.48 bits per heavy atom. The molecule has 0 radical (unpaired) electrons. The van der Waals surface area contributed by atoms with Crippen molar-refractivity contribution in [3.63, 3.8) is 0 Å². The van der Waals surface area contributed by atoms with Crippen LogP contribution in [0, 0.1) is 11.7 Å². The quantitative estimate of drug-likeness (QED) is 0.480. The maximum Gasteiger partial charge on any atom is 0.242 e. The number of methoxy groups -OCH3 is 1. The standard InChI is InChI=1S/C23H29FN4O4S/c1-4-20(15-5-9-17(24)10-6-15)27-22(29)16-7-11-18(12-8-16)28-33(30,31)19-13-21(25-2)23(32-3)26-14-19/h4-6,9-10,13-14,16,18,20,25,28H,1,7-8,11-12H2,2-3H3,(H,27,29). The van der Waals surface area contributed by atoms with Gasteiger partial charge in [0.25, 0.3) is 0 Å². The second-order valence-corrected chi connectivity index (χ2v) is 9.64. The molecule has 0 aliphatic heterocycles. The smallest absolute Gasteiger partial charge is 0.242 e. The van der Waals surface area contributed by atoms with Crippen molar-refractivity contribution in [2.45, 2.75) is 42.7 Å². The van der Waals surface area contributed by atoms with Gasteiger partial charge in [-0.25, -0.2) is 22.5 Å². The van der Waals surface area contributed by atoms with Crippen molar-refractivity contribution < 1.29 is 22.3 Å². The number of anilines is 1. The van der Waals surface area contributed by atoms with Gasteiger partial charge in [0.05, 0.1) is 25.0 Å². The van der Waals surface area contributed by atoms with Crippen LogP contribution in [0.2, 0.25) is 0 Å². The number of carbonyl (C=O) groups excluding carboxylic acids is 1. The molecular weight excluding hydrogens is 447 g/mol. The molecule has 1 saturated carbocycles. The van der Waals surface area contributed by atoms with Gasteiger partial charge in [0.15, 0.2) is 0 Å². The number of sulfonamides is 1. The van der Waals surface area contributed by atoms with Crippen molar-refractivity contribution in [3.8, 4) is 5.88 Å². The van der Waals surface area contributed by atoms with Gasteiger partial charge in [0.1, 0.15) is 10.7 Å². The minimum absolute atomic E-state index is 0.0423. The van der Waals surface area contributed by atoms with E-state index in [4.69, 9.17) is 4.74 Å². The molecule has 178 valence electrons. The molecule has 1 aromatic carbocycles. The molecule has 3 rings (SSSR count). The predicted molar refractivity (Wildman–Crippen MR) is 124 cm³/mol. The van der Waals surface area contributed by atoms with Gasteiger partial charge >= 0.3 is 0 Å². The summed E-state index contributed by atoms with van der Waals surface area (Å²) in [6.07, 6.45) is 5.03. The maximum atomic E-state index is 13.2. The molecule has 1 unspecified atom stereocenters. The summed E-state index contributed by atoms with van der Waals surface area (Å²) >= 11 is 0. The SMILES string of the molecule is C=CC(NC(=O)C1CCC(NS(=O)(=O)c2cnc(OC)c(NC)c2)CC1)c1ccc(F)cc1. The van der Waals surface area contributed by atoms with Crippen molar-refractivity contribution >= 4 is 21.6 Å². The zero-order valence-electron chi connectivity index (χ0n) is 18.7. The third-order valence-corrected chi connectivity index (χ3v) is 7.27. The molecule has 2 aromatic rings. The van der Waals surface area contributed by atoms with E-state index < -0.39 is 16.1 Å².